The van der Waals surface area contributed by atoms with Crippen LogP contribution >= 0.6 is 9.13 Å². The Morgan fingerprint density at radius 1 is 0.667 bits per heavy atom. The Hall–Kier alpha value is -6.06. The summed E-state index contributed by atoms with van der Waals surface area (Å²) < 4.78 is 18.0. The average Bonchev–Trinajstić information content (AvgIpc) is 3.28. The zero-order valence-electron chi connectivity index (χ0n) is 35.7. The summed E-state index contributed by atoms with van der Waals surface area (Å²) >= 11 is -0.777. The van der Waals surface area contributed by atoms with Crippen molar-refractivity contribution in [2.75, 3.05) is 13.6 Å². The maximum absolute atomic E-state index is 13.8. The Morgan fingerprint density at radius 3 is 1.60 bits per heavy atom. The number of imide groups is 2. The number of rotatable bonds is 14. The fraction of sp³-hybridized carbons (Fsp3) is 0.269. The molecule has 8 heteroatoms. The molecule has 0 fully saturated rings. The third-order valence-corrected chi connectivity index (χ3v) is 12.7. The molecule has 2 aliphatic rings. The van der Waals surface area contributed by atoms with Crippen molar-refractivity contribution < 1.29 is 40.4 Å². The summed E-state index contributed by atoms with van der Waals surface area (Å²) in [4.78, 5) is 56.2. The zero-order valence-corrected chi connectivity index (χ0v) is 36.8. The van der Waals surface area contributed by atoms with Crippen molar-refractivity contribution in [3.63, 3.8) is 0 Å². The molecule has 0 bridgehead atoms. The van der Waals surface area contributed by atoms with Crippen molar-refractivity contribution in [1.29, 1.82) is 2.56 Å². The number of fused-ring (bicyclic) bond motifs is 2. The SMILES string of the molecule is CCCCCCCCCCCCCN1C(=O)c2ccc3c4ccc5c6c(ccc(c7ccc(c2c37)C1=O)c64)C(=O)N(C)C5=O.[2H]P([3H])C(=C=C=C=C=C=C=C)[I-]C#CC#CC#C. The Morgan fingerprint density at radius 2 is 1.13 bits per heavy atom. The Bertz CT molecular complexity index is 2950. The molecule has 4 amide bonds. The van der Waals surface area contributed by atoms with Gasteiger partial charge in [-0.05, 0) is 63.0 Å². The van der Waals surface area contributed by atoms with Crippen LogP contribution in [0.4, 0.5) is 0 Å². The van der Waals surface area contributed by atoms with Crippen molar-refractivity contribution in [3.8, 4) is 34.0 Å². The van der Waals surface area contributed by atoms with Gasteiger partial charge in [-0.15, -0.1) is 0 Å². The molecular formula is C52H43IN2O4P-. The number of hydrogen-bond acceptors (Lipinski definition) is 4. The van der Waals surface area contributed by atoms with E-state index < -0.39 is 30.3 Å². The van der Waals surface area contributed by atoms with E-state index in [1.54, 1.807) is 12.1 Å². The van der Waals surface area contributed by atoms with Gasteiger partial charge >= 0.3 is 111 Å². The molecule has 0 aliphatic carbocycles. The number of nitrogens with zero attached hydrogens (tertiary/aromatic N) is 2. The Balaban J connectivity index is 0.000000303. The van der Waals surface area contributed by atoms with E-state index >= 15 is 0 Å². The fourth-order valence-electron chi connectivity index (χ4n) is 7.95. The topological polar surface area (TPSA) is 74.8 Å². The molecule has 1 unspecified atom stereocenters. The normalized spacial score (nSPS) is 13.3. The number of benzene rings is 5. The molecule has 0 saturated heterocycles. The van der Waals surface area contributed by atoms with E-state index in [2.05, 4.69) is 75.5 Å². The summed E-state index contributed by atoms with van der Waals surface area (Å²) in [7, 11) is -0.215. The Kier molecular flexibility index (Phi) is 14.1. The van der Waals surface area contributed by atoms with Crippen LogP contribution in [0.15, 0.2) is 92.8 Å². The molecule has 1 atom stereocenters. The molecule has 0 saturated carbocycles. The summed E-state index contributed by atoms with van der Waals surface area (Å²) in [5.41, 5.74) is 17.1. The number of amides is 4. The summed E-state index contributed by atoms with van der Waals surface area (Å²) in [6.45, 7) is 5.98. The van der Waals surface area contributed by atoms with Gasteiger partial charge in [-0.2, -0.15) is 0 Å². The first kappa shape index (κ1) is 40.7. The van der Waals surface area contributed by atoms with Crippen LogP contribution in [0.5, 0.6) is 0 Å². The van der Waals surface area contributed by atoms with E-state index in [-0.39, 0.29) is 23.6 Å². The summed E-state index contributed by atoms with van der Waals surface area (Å²) in [5, 5.41) is 6.78. The quantitative estimate of drug-likeness (QED) is 0.0167. The molecule has 298 valence electrons. The monoisotopic (exact) mass is 920 g/mol. The summed E-state index contributed by atoms with van der Waals surface area (Å²) in [5.74, 6) is 8.46. The maximum atomic E-state index is 13.8. The van der Waals surface area contributed by atoms with Gasteiger partial charge in [-0.3, -0.25) is 29.0 Å². The van der Waals surface area contributed by atoms with Crippen molar-refractivity contribution >= 4 is 75.8 Å². The molecule has 2 heterocycles. The van der Waals surface area contributed by atoms with Gasteiger partial charge < -0.3 is 0 Å². The van der Waals surface area contributed by atoms with Crippen LogP contribution in [0.2, 0.25) is 0 Å². The molecule has 7 rings (SSSR count). The first-order valence-electron chi connectivity index (χ1n) is 21.0. The van der Waals surface area contributed by atoms with E-state index in [0.29, 0.717) is 42.9 Å². The molecule has 0 aromatic heterocycles. The van der Waals surface area contributed by atoms with Crippen LogP contribution in [-0.4, -0.2) is 49.6 Å². The molecule has 5 aromatic rings. The van der Waals surface area contributed by atoms with Gasteiger partial charge in [-0.1, -0.05) is 95.4 Å². The van der Waals surface area contributed by atoms with E-state index in [9.17, 15) is 19.2 Å². The summed E-state index contributed by atoms with van der Waals surface area (Å²) in [6.07, 6.45) is 18.3. The van der Waals surface area contributed by atoms with Gasteiger partial charge in [0.25, 0.3) is 23.6 Å². The van der Waals surface area contributed by atoms with Crippen LogP contribution < -0.4 is 21.2 Å². The molecule has 60 heavy (non-hydrogen) atoms. The average molecular weight is 921 g/mol. The van der Waals surface area contributed by atoms with E-state index in [4.69, 9.17) is 8.98 Å². The van der Waals surface area contributed by atoms with Gasteiger partial charge in [0.15, 0.2) is 0 Å². The second-order valence-corrected chi connectivity index (χ2v) is 17.9. The minimum atomic E-state index is -1.73. The van der Waals surface area contributed by atoms with Crippen LogP contribution in [0.25, 0.3) is 43.1 Å². The number of unbranched alkanes of at least 4 members (excludes halogenated alkanes) is 10. The molecular weight excluding hydrogens is 874 g/mol. The first-order valence-corrected chi connectivity index (χ1v) is 22.7. The third-order valence-electron chi connectivity index (χ3n) is 10.7. The van der Waals surface area contributed by atoms with E-state index in [1.807, 2.05) is 36.4 Å². The predicted octanol–water partition coefficient (Wildman–Crippen LogP) is 7.82. The predicted molar refractivity (Wildman–Crippen MR) is 240 cm³/mol. The van der Waals surface area contributed by atoms with Crippen LogP contribution in [0.1, 0.15) is 119 Å². The second-order valence-electron chi connectivity index (χ2n) is 14.4. The van der Waals surface area contributed by atoms with Gasteiger partial charge in [0, 0.05) is 46.6 Å². The third kappa shape index (κ3) is 9.21. The number of carbonyl (C=O) groups excluding carboxylic acids is 4. The Labute approximate surface area is 366 Å². The molecule has 2 aliphatic heterocycles. The van der Waals surface area contributed by atoms with Crippen molar-refractivity contribution in [3.05, 3.63) is 115 Å². The van der Waals surface area contributed by atoms with Gasteiger partial charge in [-0.25, -0.2) is 0 Å². The molecule has 0 radical (unpaired) electrons. The van der Waals surface area contributed by atoms with Crippen molar-refractivity contribution in [2.24, 2.45) is 0 Å². The van der Waals surface area contributed by atoms with E-state index in [1.165, 1.54) is 68.2 Å². The molecule has 0 N–H and O–H groups in total. The van der Waals surface area contributed by atoms with Crippen molar-refractivity contribution in [2.45, 2.75) is 77.6 Å². The summed E-state index contributed by atoms with van der Waals surface area (Å²) in [6, 6.07) is 15.1. The van der Waals surface area contributed by atoms with Crippen LogP contribution in [-0.2, 0) is 0 Å². The second kappa shape index (κ2) is 20.8. The van der Waals surface area contributed by atoms with Gasteiger partial charge in [0.1, 0.15) is 0 Å². The number of hydrogen-bond donors (Lipinski definition) is 0. The number of halogens is 1. The standard InChI is InChI=1S/C38H38N2O4.C14H5IP/c1-3-4-5-6-7-8-9-10-11-12-13-22-40-37(43)29-20-16-25-23-14-18-27-33-28(36(42)39(2)35(27)41)19-15-24(31(23)33)26-17-21-30(38(40)44)34(29)32(25)26;1-3-5-7-9-10-12-14(16)15-13-11-8-6-4-2/h14-21H,3-13,22H2,1-2H3;2H,1,16H2/q;-1/i;16TD. The number of carbonyl (C=O) groups is 4. The number of terminal acetylenes is 1. The van der Waals surface area contributed by atoms with Gasteiger partial charge in [0.05, 0.1) is 0 Å². The zero-order chi connectivity index (χ0) is 44.2. The van der Waals surface area contributed by atoms with Crippen LogP contribution in [0.3, 0.4) is 0 Å². The van der Waals surface area contributed by atoms with Crippen molar-refractivity contribution in [1.82, 2.24) is 9.80 Å². The first-order chi connectivity index (χ1) is 30.2. The van der Waals surface area contributed by atoms with Gasteiger partial charge in [0.2, 0.25) is 0 Å². The fourth-order valence-corrected chi connectivity index (χ4v) is 9.08. The minimum absolute atomic E-state index is 0.228. The molecule has 5 aromatic carbocycles. The van der Waals surface area contributed by atoms with Crippen LogP contribution in [0, 0.1) is 34.0 Å². The van der Waals surface area contributed by atoms with E-state index in [0.717, 1.165) is 51.6 Å². The molecule has 6 nitrogen and oxygen atoms in total. The molecule has 0 spiro atoms.